The van der Waals surface area contributed by atoms with Crippen molar-refractivity contribution in [2.24, 2.45) is 0 Å². The predicted molar refractivity (Wildman–Crippen MR) is 81.7 cm³/mol. The van der Waals surface area contributed by atoms with E-state index in [0.717, 1.165) is 25.2 Å². The lowest BCUT2D eigenvalue weighted by atomic mass is 9.80. The first-order valence-electron chi connectivity index (χ1n) is 7.36. The Kier molecular flexibility index (Phi) is 5.55. The molecular formula is C16H26N2O. The molecule has 0 bridgehead atoms. The second kappa shape index (κ2) is 6.71. The molecule has 1 amide bonds. The molecule has 0 aromatic heterocycles. The van der Waals surface area contributed by atoms with Gasteiger partial charge in [-0.25, -0.2) is 0 Å². The van der Waals surface area contributed by atoms with Gasteiger partial charge in [-0.2, -0.15) is 0 Å². The number of hydrogen-bond acceptors (Lipinski definition) is 2. The molecule has 1 saturated heterocycles. The number of rotatable bonds is 0. The zero-order valence-corrected chi connectivity index (χ0v) is 12.8. The molecule has 3 rings (SSSR count). The average molecular weight is 262 g/mol. The SMILES string of the molecule is CC.CC.Cc1ccc2c(c1)C1(CCNC1)C(=O)N2. The smallest absolute Gasteiger partial charge is 0.236 e. The van der Waals surface area contributed by atoms with Gasteiger partial charge in [0.2, 0.25) is 5.91 Å². The molecule has 0 saturated carbocycles. The first-order chi connectivity index (χ1) is 9.22. The molecule has 1 aromatic rings. The van der Waals surface area contributed by atoms with Gasteiger partial charge < -0.3 is 10.6 Å². The Bertz CT molecular complexity index is 434. The van der Waals surface area contributed by atoms with E-state index in [2.05, 4.69) is 23.6 Å². The molecule has 2 aliphatic heterocycles. The first kappa shape index (κ1) is 15.7. The van der Waals surface area contributed by atoms with Crippen LogP contribution in [-0.4, -0.2) is 19.0 Å². The van der Waals surface area contributed by atoms with Crippen molar-refractivity contribution in [3.63, 3.8) is 0 Å². The van der Waals surface area contributed by atoms with Crippen molar-refractivity contribution < 1.29 is 4.79 Å². The van der Waals surface area contributed by atoms with Gasteiger partial charge in [0.1, 0.15) is 0 Å². The van der Waals surface area contributed by atoms with Crippen molar-refractivity contribution in [1.82, 2.24) is 5.32 Å². The Morgan fingerprint density at radius 1 is 1.16 bits per heavy atom. The van der Waals surface area contributed by atoms with Gasteiger partial charge in [0.05, 0.1) is 5.41 Å². The van der Waals surface area contributed by atoms with Gasteiger partial charge in [0.25, 0.3) is 0 Å². The predicted octanol–water partition coefficient (Wildman–Crippen LogP) is 3.23. The van der Waals surface area contributed by atoms with Gasteiger partial charge in [-0.3, -0.25) is 4.79 Å². The maximum absolute atomic E-state index is 12.0. The normalized spacial score (nSPS) is 22.9. The molecular weight excluding hydrogens is 236 g/mol. The van der Waals surface area contributed by atoms with Crippen LogP contribution >= 0.6 is 0 Å². The third kappa shape index (κ3) is 2.66. The second-order valence-corrected chi connectivity index (χ2v) is 4.51. The highest BCUT2D eigenvalue weighted by Gasteiger charge is 2.48. The summed E-state index contributed by atoms with van der Waals surface area (Å²) in [6.07, 6.45) is 0.912. The molecule has 1 fully saturated rings. The van der Waals surface area contributed by atoms with Gasteiger partial charge in [0, 0.05) is 12.2 Å². The number of benzene rings is 1. The molecule has 19 heavy (non-hydrogen) atoms. The monoisotopic (exact) mass is 262 g/mol. The number of carbonyl (C=O) groups is 1. The van der Waals surface area contributed by atoms with Crippen LogP contribution in [0, 0.1) is 6.92 Å². The number of hydrogen-bond donors (Lipinski definition) is 2. The third-order valence-corrected chi connectivity index (χ3v) is 3.53. The van der Waals surface area contributed by atoms with Gasteiger partial charge >= 0.3 is 0 Å². The highest BCUT2D eigenvalue weighted by atomic mass is 16.2. The summed E-state index contributed by atoms with van der Waals surface area (Å²) in [7, 11) is 0. The van der Waals surface area contributed by atoms with Crippen molar-refractivity contribution >= 4 is 11.6 Å². The minimum Gasteiger partial charge on any atom is -0.325 e. The zero-order valence-electron chi connectivity index (χ0n) is 12.8. The summed E-state index contributed by atoms with van der Waals surface area (Å²) in [5.74, 6) is 0.160. The largest absolute Gasteiger partial charge is 0.325 e. The van der Waals surface area contributed by atoms with Crippen molar-refractivity contribution in [2.45, 2.75) is 46.5 Å². The summed E-state index contributed by atoms with van der Waals surface area (Å²) in [5.41, 5.74) is 3.10. The number of carbonyl (C=O) groups excluding carboxylic acids is 1. The Morgan fingerprint density at radius 3 is 2.42 bits per heavy atom. The molecule has 1 spiro atoms. The van der Waals surface area contributed by atoms with Gasteiger partial charge in [0.15, 0.2) is 0 Å². The minimum atomic E-state index is -0.290. The van der Waals surface area contributed by atoms with E-state index in [9.17, 15) is 4.79 Å². The molecule has 1 atom stereocenters. The molecule has 1 unspecified atom stereocenters. The highest BCUT2D eigenvalue weighted by molar-refractivity contribution is 6.06. The fourth-order valence-corrected chi connectivity index (χ4v) is 2.64. The van der Waals surface area contributed by atoms with E-state index >= 15 is 0 Å². The summed E-state index contributed by atoms with van der Waals surface area (Å²) in [4.78, 5) is 12.0. The lowest BCUT2D eigenvalue weighted by Crippen LogP contribution is -2.36. The fourth-order valence-electron chi connectivity index (χ4n) is 2.64. The van der Waals surface area contributed by atoms with Gasteiger partial charge in [-0.1, -0.05) is 45.4 Å². The van der Waals surface area contributed by atoms with Crippen molar-refractivity contribution in [1.29, 1.82) is 0 Å². The molecule has 2 N–H and O–H groups in total. The van der Waals surface area contributed by atoms with Gasteiger partial charge in [-0.05, 0) is 31.5 Å². The number of nitrogens with one attached hydrogen (secondary N) is 2. The van der Waals surface area contributed by atoms with Crippen LogP contribution in [0.3, 0.4) is 0 Å². The Hall–Kier alpha value is -1.35. The molecule has 0 aliphatic carbocycles. The summed E-state index contributed by atoms with van der Waals surface area (Å²) in [5, 5.41) is 6.26. The highest BCUT2D eigenvalue weighted by Crippen LogP contribution is 2.42. The van der Waals surface area contributed by atoms with Crippen LogP contribution in [0.1, 0.15) is 45.2 Å². The van der Waals surface area contributed by atoms with Crippen LogP contribution in [0.2, 0.25) is 0 Å². The molecule has 0 radical (unpaired) electrons. The van der Waals surface area contributed by atoms with Crippen LogP contribution in [0.15, 0.2) is 18.2 Å². The number of aryl methyl sites for hydroxylation is 1. The Morgan fingerprint density at radius 2 is 1.84 bits per heavy atom. The Labute approximate surface area is 116 Å². The summed E-state index contributed by atoms with van der Waals surface area (Å²) >= 11 is 0. The van der Waals surface area contributed by atoms with E-state index in [-0.39, 0.29) is 11.3 Å². The van der Waals surface area contributed by atoms with E-state index in [4.69, 9.17) is 0 Å². The van der Waals surface area contributed by atoms with Crippen molar-refractivity contribution in [2.75, 3.05) is 18.4 Å². The lowest BCUT2D eigenvalue weighted by molar-refractivity contribution is -0.120. The Balaban J connectivity index is 0.000000415. The summed E-state index contributed by atoms with van der Waals surface area (Å²) in [6, 6.07) is 6.19. The van der Waals surface area contributed by atoms with Crippen LogP contribution in [-0.2, 0) is 10.2 Å². The van der Waals surface area contributed by atoms with E-state index in [1.807, 2.05) is 39.8 Å². The maximum Gasteiger partial charge on any atom is 0.236 e. The quantitative estimate of drug-likeness (QED) is 0.753. The van der Waals surface area contributed by atoms with E-state index in [1.54, 1.807) is 0 Å². The van der Waals surface area contributed by atoms with Crippen molar-refractivity contribution in [3.05, 3.63) is 29.3 Å². The fraction of sp³-hybridized carbons (Fsp3) is 0.562. The number of fused-ring (bicyclic) bond motifs is 2. The molecule has 3 heteroatoms. The number of amides is 1. The molecule has 3 nitrogen and oxygen atoms in total. The molecule has 106 valence electrons. The summed E-state index contributed by atoms with van der Waals surface area (Å²) in [6.45, 7) is 11.8. The molecule has 2 aliphatic rings. The summed E-state index contributed by atoms with van der Waals surface area (Å²) < 4.78 is 0. The van der Waals surface area contributed by atoms with Crippen LogP contribution in [0.25, 0.3) is 0 Å². The van der Waals surface area contributed by atoms with Gasteiger partial charge in [-0.15, -0.1) is 0 Å². The van der Waals surface area contributed by atoms with E-state index in [1.165, 1.54) is 11.1 Å². The maximum atomic E-state index is 12.0. The molecule has 1 aromatic carbocycles. The van der Waals surface area contributed by atoms with E-state index < -0.39 is 0 Å². The second-order valence-electron chi connectivity index (χ2n) is 4.51. The third-order valence-electron chi connectivity index (χ3n) is 3.53. The number of anilines is 1. The van der Waals surface area contributed by atoms with Crippen LogP contribution in [0.5, 0.6) is 0 Å². The average Bonchev–Trinajstić information content (AvgIpc) is 3.04. The lowest BCUT2D eigenvalue weighted by Gasteiger charge is -2.19. The van der Waals surface area contributed by atoms with E-state index in [0.29, 0.717) is 0 Å². The van der Waals surface area contributed by atoms with Crippen LogP contribution in [0.4, 0.5) is 5.69 Å². The molecule has 2 heterocycles. The minimum absolute atomic E-state index is 0.160. The van der Waals surface area contributed by atoms with Crippen molar-refractivity contribution in [3.8, 4) is 0 Å². The standard InChI is InChI=1S/C12H14N2O.2C2H6/c1-8-2-3-10-9(6-8)12(11(15)14-10)4-5-13-7-12;2*1-2/h2-3,6,13H,4-5,7H2,1H3,(H,14,15);2*1-2H3. The van der Waals surface area contributed by atoms with Crippen LogP contribution < -0.4 is 10.6 Å². The first-order valence-corrected chi connectivity index (χ1v) is 7.36. The zero-order chi connectivity index (χ0) is 14.5. The topological polar surface area (TPSA) is 41.1 Å².